The second-order valence-corrected chi connectivity index (χ2v) is 5.11. The van der Waals surface area contributed by atoms with Gasteiger partial charge >= 0.3 is 11.9 Å². The molecule has 0 saturated carbocycles. The van der Waals surface area contributed by atoms with Crippen LogP contribution in [0.2, 0.25) is 0 Å². The highest BCUT2D eigenvalue weighted by Gasteiger charge is 2.27. The first kappa shape index (κ1) is 17.9. The molecule has 96 valence electrons. The van der Waals surface area contributed by atoms with Crippen molar-refractivity contribution in [2.45, 2.75) is 30.7 Å². The van der Waals surface area contributed by atoms with Crippen molar-refractivity contribution in [3.8, 4) is 0 Å². The third kappa shape index (κ3) is 8.84. The van der Waals surface area contributed by atoms with Gasteiger partial charge in [0.25, 0.3) is 0 Å². The molecule has 0 aliphatic carbocycles. The van der Waals surface area contributed by atoms with Crippen LogP contribution in [0.3, 0.4) is 0 Å². The number of aliphatic carboxylic acids is 2. The van der Waals surface area contributed by atoms with Gasteiger partial charge < -0.3 is 21.7 Å². The molecule has 0 aromatic carbocycles. The van der Waals surface area contributed by atoms with Crippen molar-refractivity contribution in [2.24, 2.45) is 11.5 Å². The van der Waals surface area contributed by atoms with Crippen LogP contribution in [0.25, 0.3) is 0 Å². The standard InChI is InChI=1S/C5H11NO2S.C3H7NO2S/c1-5(2,9)3(6)4(7)8;4-2(1-7)3(5)6/h3,9H,6H2,1-2H3,(H,7,8);2,7H,1,4H2,(H,5,6). The van der Waals surface area contributed by atoms with Crippen LogP contribution in [0.4, 0.5) is 0 Å². The molecule has 0 saturated heterocycles. The van der Waals surface area contributed by atoms with E-state index in [0.717, 1.165) is 0 Å². The van der Waals surface area contributed by atoms with E-state index in [9.17, 15) is 9.59 Å². The predicted molar refractivity (Wildman–Crippen MR) is 68.1 cm³/mol. The Labute approximate surface area is 105 Å². The molecule has 0 aromatic rings. The summed E-state index contributed by atoms with van der Waals surface area (Å²) >= 11 is 7.63. The van der Waals surface area contributed by atoms with Crippen molar-refractivity contribution in [1.29, 1.82) is 0 Å². The van der Waals surface area contributed by atoms with Crippen LogP contribution in [0, 0.1) is 0 Å². The summed E-state index contributed by atoms with van der Waals surface area (Å²) < 4.78 is -0.647. The van der Waals surface area contributed by atoms with Crippen LogP contribution in [-0.4, -0.2) is 44.7 Å². The second-order valence-electron chi connectivity index (χ2n) is 3.60. The molecule has 8 heteroatoms. The fourth-order valence-corrected chi connectivity index (χ4v) is 0.647. The highest BCUT2D eigenvalue weighted by Crippen LogP contribution is 2.15. The maximum Gasteiger partial charge on any atom is 0.321 e. The van der Waals surface area contributed by atoms with E-state index in [1.807, 2.05) is 0 Å². The van der Waals surface area contributed by atoms with Crippen LogP contribution in [0.1, 0.15) is 13.8 Å². The van der Waals surface area contributed by atoms with Crippen molar-refractivity contribution in [3.05, 3.63) is 0 Å². The first-order valence-electron chi connectivity index (χ1n) is 4.34. The zero-order chi connectivity index (χ0) is 13.5. The van der Waals surface area contributed by atoms with Gasteiger partial charge in [-0.25, -0.2) is 0 Å². The zero-order valence-electron chi connectivity index (χ0n) is 9.12. The van der Waals surface area contributed by atoms with E-state index in [1.54, 1.807) is 13.8 Å². The second kappa shape index (κ2) is 7.77. The Balaban J connectivity index is 0. The summed E-state index contributed by atoms with van der Waals surface area (Å²) in [5.74, 6) is -1.83. The third-order valence-electron chi connectivity index (χ3n) is 1.54. The minimum Gasteiger partial charge on any atom is -0.480 e. The van der Waals surface area contributed by atoms with E-state index in [-0.39, 0.29) is 5.75 Å². The van der Waals surface area contributed by atoms with E-state index in [4.69, 9.17) is 21.7 Å². The molecule has 6 nitrogen and oxygen atoms in total. The highest BCUT2D eigenvalue weighted by atomic mass is 32.1. The quantitative estimate of drug-likeness (QED) is 0.380. The number of carboxylic acids is 2. The Hall–Kier alpha value is -0.440. The number of carboxylic acid groups (broad SMARTS) is 2. The molecule has 0 radical (unpaired) electrons. The lowest BCUT2D eigenvalue weighted by Crippen LogP contribution is -2.45. The van der Waals surface area contributed by atoms with Crippen LogP contribution >= 0.6 is 25.3 Å². The fourth-order valence-electron chi connectivity index (χ4n) is 0.380. The molecular weight excluding hydrogens is 252 g/mol. The normalized spacial score (nSPS) is 14.4. The predicted octanol–water partition coefficient (Wildman–Crippen LogP) is -0.565. The van der Waals surface area contributed by atoms with Gasteiger partial charge in [-0.1, -0.05) is 0 Å². The molecule has 0 fully saturated rings. The molecule has 0 aliphatic rings. The molecule has 0 heterocycles. The molecule has 0 rings (SSSR count). The van der Waals surface area contributed by atoms with Gasteiger partial charge in [0, 0.05) is 10.5 Å². The van der Waals surface area contributed by atoms with E-state index < -0.39 is 28.8 Å². The number of carbonyl (C=O) groups is 2. The van der Waals surface area contributed by atoms with E-state index in [1.165, 1.54) is 0 Å². The molecular formula is C8H18N2O4S2. The zero-order valence-corrected chi connectivity index (χ0v) is 10.9. The molecule has 16 heavy (non-hydrogen) atoms. The summed E-state index contributed by atoms with van der Waals surface area (Å²) in [6, 6.07) is -1.72. The lowest BCUT2D eigenvalue weighted by Gasteiger charge is -2.21. The van der Waals surface area contributed by atoms with Gasteiger partial charge in [-0.15, -0.1) is 0 Å². The smallest absolute Gasteiger partial charge is 0.321 e. The Kier molecular flexibility index (Phi) is 8.71. The Morgan fingerprint density at radius 3 is 1.62 bits per heavy atom. The number of hydrogen-bond acceptors (Lipinski definition) is 6. The van der Waals surface area contributed by atoms with Crippen molar-refractivity contribution in [1.82, 2.24) is 0 Å². The monoisotopic (exact) mass is 270 g/mol. The lowest BCUT2D eigenvalue weighted by molar-refractivity contribution is -0.139. The molecule has 6 N–H and O–H groups in total. The molecule has 0 bridgehead atoms. The van der Waals surface area contributed by atoms with Crippen LogP contribution in [0.15, 0.2) is 0 Å². The minimum absolute atomic E-state index is 0.190. The first-order valence-corrected chi connectivity index (χ1v) is 5.42. The average Bonchev–Trinajstić information content (AvgIpc) is 2.14. The highest BCUT2D eigenvalue weighted by molar-refractivity contribution is 7.81. The summed E-state index contributed by atoms with van der Waals surface area (Å²) in [4.78, 5) is 19.9. The van der Waals surface area contributed by atoms with Crippen LogP contribution < -0.4 is 11.5 Å². The minimum atomic E-state index is -1.02. The van der Waals surface area contributed by atoms with Gasteiger partial charge in [0.05, 0.1) is 0 Å². The molecule has 0 aromatic heterocycles. The van der Waals surface area contributed by atoms with Gasteiger partial charge in [-0.3, -0.25) is 9.59 Å². The topological polar surface area (TPSA) is 127 Å². The molecule has 0 spiro atoms. The number of nitrogens with two attached hydrogens (primary N) is 2. The van der Waals surface area contributed by atoms with Crippen molar-refractivity contribution >= 4 is 37.2 Å². The van der Waals surface area contributed by atoms with Gasteiger partial charge in [0.1, 0.15) is 12.1 Å². The van der Waals surface area contributed by atoms with Crippen molar-refractivity contribution in [2.75, 3.05) is 5.75 Å². The fraction of sp³-hybridized carbons (Fsp3) is 0.750. The number of rotatable bonds is 4. The summed E-state index contributed by atoms with van der Waals surface area (Å²) in [7, 11) is 0. The van der Waals surface area contributed by atoms with E-state index >= 15 is 0 Å². The van der Waals surface area contributed by atoms with Crippen LogP contribution in [0.5, 0.6) is 0 Å². The summed E-state index contributed by atoms with van der Waals surface area (Å²) in [5.41, 5.74) is 10.2. The molecule has 0 aliphatic heterocycles. The maximum absolute atomic E-state index is 10.2. The lowest BCUT2D eigenvalue weighted by atomic mass is 10.1. The number of thiol groups is 2. The van der Waals surface area contributed by atoms with Gasteiger partial charge in [-0.2, -0.15) is 25.3 Å². The summed E-state index contributed by atoms with van der Waals surface area (Å²) in [5, 5.41) is 16.4. The Morgan fingerprint density at radius 2 is 1.62 bits per heavy atom. The Bertz CT molecular complexity index is 243. The SMILES string of the molecule is CC(C)(S)C(N)C(=O)O.NC(CS)C(=O)O. The molecule has 2 unspecified atom stereocenters. The van der Waals surface area contributed by atoms with E-state index in [2.05, 4.69) is 25.3 Å². The average molecular weight is 270 g/mol. The third-order valence-corrected chi connectivity index (χ3v) is 2.21. The molecule has 2 atom stereocenters. The van der Waals surface area contributed by atoms with Crippen molar-refractivity contribution < 1.29 is 19.8 Å². The maximum atomic E-state index is 10.2. The Morgan fingerprint density at radius 1 is 1.25 bits per heavy atom. The largest absolute Gasteiger partial charge is 0.480 e. The molecule has 0 amide bonds. The van der Waals surface area contributed by atoms with Gasteiger partial charge in [-0.05, 0) is 13.8 Å². The summed E-state index contributed by atoms with van der Waals surface area (Å²) in [6.45, 7) is 3.32. The summed E-state index contributed by atoms with van der Waals surface area (Å²) in [6.07, 6.45) is 0. The number of hydrogen-bond donors (Lipinski definition) is 6. The van der Waals surface area contributed by atoms with Gasteiger partial charge in [0.15, 0.2) is 0 Å². The van der Waals surface area contributed by atoms with Crippen molar-refractivity contribution in [3.63, 3.8) is 0 Å². The van der Waals surface area contributed by atoms with Gasteiger partial charge in [0.2, 0.25) is 0 Å². The first-order chi connectivity index (χ1) is 7.03. The van der Waals surface area contributed by atoms with Crippen LogP contribution in [-0.2, 0) is 9.59 Å². The van der Waals surface area contributed by atoms with E-state index in [0.29, 0.717) is 0 Å².